The highest BCUT2D eigenvalue weighted by molar-refractivity contribution is 5.93. The summed E-state index contributed by atoms with van der Waals surface area (Å²) < 4.78 is 0. The summed E-state index contributed by atoms with van der Waals surface area (Å²) in [6.45, 7) is 5.08. The van der Waals surface area contributed by atoms with Crippen molar-refractivity contribution in [1.82, 2.24) is 10.6 Å². The van der Waals surface area contributed by atoms with Crippen LogP contribution in [0, 0.1) is 11.8 Å². The van der Waals surface area contributed by atoms with Gasteiger partial charge in [-0.25, -0.2) is 0 Å². The lowest BCUT2D eigenvalue weighted by atomic mass is 9.95. The monoisotopic (exact) mass is 406 g/mol. The molecular weight excluding hydrogens is 372 g/mol. The molecule has 0 fully saturated rings. The van der Waals surface area contributed by atoms with Gasteiger partial charge in [0, 0.05) is 18.9 Å². The van der Waals surface area contributed by atoms with E-state index in [4.69, 9.17) is 11.5 Å². The molecule has 0 aliphatic rings. The van der Waals surface area contributed by atoms with Gasteiger partial charge in [-0.05, 0) is 31.4 Å². The van der Waals surface area contributed by atoms with Crippen LogP contribution in [0.4, 0.5) is 0 Å². The molecule has 0 aliphatic heterocycles. The van der Waals surface area contributed by atoms with E-state index in [2.05, 4.69) is 10.6 Å². The summed E-state index contributed by atoms with van der Waals surface area (Å²) in [4.78, 5) is 37.1. The summed E-state index contributed by atoms with van der Waals surface area (Å²) in [6, 6.07) is 7.63. The number of nitrogens with two attached hydrogens (primary N) is 2. The third-order valence-electron chi connectivity index (χ3n) is 4.72. The van der Waals surface area contributed by atoms with E-state index in [-0.39, 0.29) is 30.6 Å². The molecular formula is C21H34N4O4. The van der Waals surface area contributed by atoms with Crippen LogP contribution in [-0.2, 0) is 20.8 Å². The third kappa shape index (κ3) is 8.31. The number of amides is 2. The summed E-state index contributed by atoms with van der Waals surface area (Å²) >= 11 is 0. The summed E-state index contributed by atoms with van der Waals surface area (Å²) in [7, 11) is 0. The van der Waals surface area contributed by atoms with E-state index in [0.717, 1.165) is 5.56 Å². The topological polar surface area (TPSA) is 148 Å². The van der Waals surface area contributed by atoms with Gasteiger partial charge in [-0.2, -0.15) is 0 Å². The summed E-state index contributed by atoms with van der Waals surface area (Å²) in [5.74, 6) is -1.65. The van der Waals surface area contributed by atoms with Gasteiger partial charge in [-0.3, -0.25) is 14.4 Å². The third-order valence-corrected chi connectivity index (χ3v) is 4.72. The van der Waals surface area contributed by atoms with Gasteiger partial charge in [-0.15, -0.1) is 0 Å². The van der Waals surface area contributed by atoms with Gasteiger partial charge in [0.2, 0.25) is 11.8 Å². The molecule has 0 radical (unpaired) electrons. The van der Waals surface area contributed by atoms with Gasteiger partial charge >= 0.3 is 0 Å². The predicted octanol–water partition coefficient (Wildman–Crippen LogP) is -0.272. The van der Waals surface area contributed by atoms with E-state index in [0.29, 0.717) is 13.0 Å². The van der Waals surface area contributed by atoms with Crippen molar-refractivity contribution in [2.45, 2.75) is 51.8 Å². The Kier molecular flexibility index (Phi) is 10.5. The van der Waals surface area contributed by atoms with Gasteiger partial charge in [0.1, 0.15) is 6.04 Å². The molecule has 8 heteroatoms. The van der Waals surface area contributed by atoms with Crippen LogP contribution in [0.2, 0.25) is 0 Å². The van der Waals surface area contributed by atoms with Crippen LogP contribution in [0.25, 0.3) is 0 Å². The zero-order chi connectivity index (χ0) is 22.0. The van der Waals surface area contributed by atoms with Gasteiger partial charge in [0.05, 0.1) is 12.1 Å². The van der Waals surface area contributed by atoms with Crippen LogP contribution in [0.15, 0.2) is 30.3 Å². The fourth-order valence-corrected chi connectivity index (χ4v) is 3.00. The minimum Gasteiger partial charge on any atom is -0.391 e. The zero-order valence-corrected chi connectivity index (χ0v) is 17.4. The molecule has 8 nitrogen and oxygen atoms in total. The average molecular weight is 407 g/mol. The van der Waals surface area contributed by atoms with Crippen LogP contribution in [-0.4, -0.2) is 54.0 Å². The highest BCUT2D eigenvalue weighted by atomic mass is 16.3. The Labute approximate surface area is 172 Å². The van der Waals surface area contributed by atoms with Crippen LogP contribution < -0.4 is 22.1 Å². The molecule has 0 heterocycles. The molecule has 4 atom stereocenters. The van der Waals surface area contributed by atoms with Gasteiger partial charge < -0.3 is 27.2 Å². The Balaban J connectivity index is 2.72. The number of carbonyl (C=O) groups excluding carboxylic acids is 3. The standard InChI is InChI=1S/C21H34N4O4/c1-13(2)20(28)17(12-23)24-21(29)19(14(3)26)25-18(27)10-16(11-22)9-15-7-5-4-6-8-15/h4-8,13-14,16-17,19,26H,9-12,22-23H2,1-3H3,(H,24,29)(H,25,27)/t14?,16?,17-,19-/m0/s1. The Morgan fingerprint density at radius 1 is 1.00 bits per heavy atom. The fourth-order valence-electron chi connectivity index (χ4n) is 3.00. The molecule has 1 aromatic carbocycles. The second kappa shape index (κ2) is 12.3. The summed E-state index contributed by atoms with van der Waals surface area (Å²) in [6.07, 6.45) is -0.390. The Hall–Kier alpha value is -2.29. The number of Topliss-reactive ketones (excluding diaryl/α,β-unsaturated/α-hetero) is 1. The van der Waals surface area contributed by atoms with E-state index in [1.807, 2.05) is 30.3 Å². The van der Waals surface area contributed by atoms with Crippen molar-refractivity contribution in [1.29, 1.82) is 0 Å². The first-order chi connectivity index (χ1) is 13.7. The molecule has 1 aromatic rings. The zero-order valence-electron chi connectivity index (χ0n) is 17.4. The second-order valence-corrected chi connectivity index (χ2v) is 7.64. The first kappa shape index (κ1) is 24.7. The van der Waals surface area contributed by atoms with Crippen molar-refractivity contribution in [3.8, 4) is 0 Å². The van der Waals surface area contributed by atoms with E-state index >= 15 is 0 Å². The van der Waals surface area contributed by atoms with Crippen molar-refractivity contribution < 1.29 is 19.5 Å². The number of rotatable bonds is 12. The molecule has 162 valence electrons. The number of benzene rings is 1. The maximum Gasteiger partial charge on any atom is 0.245 e. The molecule has 0 spiro atoms. The summed E-state index contributed by atoms with van der Waals surface area (Å²) in [5.41, 5.74) is 12.5. The van der Waals surface area contributed by atoms with Crippen molar-refractivity contribution in [3.05, 3.63) is 35.9 Å². The smallest absolute Gasteiger partial charge is 0.245 e. The highest BCUT2D eigenvalue weighted by Gasteiger charge is 2.30. The minimum atomic E-state index is -1.19. The first-order valence-corrected chi connectivity index (χ1v) is 9.95. The lowest BCUT2D eigenvalue weighted by Gasteiger charge is -2.25. The molecule has 0 bridgehead atoms. The van der Waals surface area contributed by atoms with Crippen molar-refractivity contribution in [3.63, 3.8) is 0 Å². The lowest BCUT2D eigenvalue weighted by molar-refractivity contribution is -0.134. The molecule has 0 aliphatic carbocycles. The lowest BCUT2D eigenvalue weighted by Crippen LogP contribution is -2.57. The number of hydrogen-bond donors (Lipinski definition) is 5. The number of aliphatic hydroxyl groups is 1. The summed E-state index contributed by atoms with van der Waals surface area (Å²) in [5, 5.41) is 15.1. The molecule has 0 saturated carbocycles. The van der Waals surface area contributed by atoms with Crippen LogP contribution in [0.1, 0.15) is 32.8 Å². The van der Waals surface area contributed by atoms with Gasteiger partial charge in [-0.1, -0.05) is 44.2 Å². The maximum absolute atomic E-state index is 12.5. The largest absolute Gasteiger partial charge is 0.391 e. The van der Waals surface area contributed by atoms with E-state index in [9.17, 15) is 19.5 Å². The number of carbonyl (C=O) groups is 3. The second-order valence-electron chi connectivity index (χ2n) is 7.64. The fraction of sp³-hybridized carbons (Fsp3) is 0.571. The molecule has 0 aromatic heterocycles. The normalized spacial score (nSPS) is 15.3. The quantitative estimate of drug-likeness (QED) is 0.323. The first-order valence-electron chi connectivity index (χ1n) is 9.95. The van der Waals surface area contributed by atoms with E-state index < -0.39 is 30.0 Å². The van der Waals surface area contributed by atoms with Crippen LogP contribution in [0.3, 0.4) is 0 Å². The van der Waals surface area contributed by atoms with Gasteiger partial charge in [0.25, 0.3) is 0 Å². The SMILES string of the molecule is CC(C)C(=O)[C@H](CN)NC(=O)[C@@H](NC(=O)CC(CN)Cc1ccccc1)C(C)O. The molecule has 2 amide bonds. The number of hydrogen-bond acceptors (Lipinski definition) is 6. The average Bonchev–Trinajstić information content (AvgIpc) is 2.69. The molecule has 2 unspecified atom stereocenters. The van der Waals surface area contributed by atoms with Crippen molar-refractivity contribution in [2.24, 2.45) is 23.3 Å². The van der Waals surface area contributed by atoms with E-state index in [1.54, 1.807) is 13.8 Å². The minimum absolute atomic E-state index is 0.0600. The molecule has 0 saturated heterocycles. The maximum atomic E-state index is 12.5. The highest BCUT2D eigenvalue weighted by Crippen LogP contribution is 2.12. The van der Waals surface area contributed by atoms with Gasteiger partial charge in [0.15, 0.2) is 5.78 Å². The van der Waals surface area contributed by atoms with Crippen LogP contribution in [0.5, 0.6) is 0 Å². The van der Waals surface area contributed by atoms with E-state index in [1.165, 1.54) is 6.92 Å². The van der Waals surface area contributed by atoms with Crippen molar-refractivity contribution in [2.75, 3.05) is 13.1 Å². The number of ketones is 1. The number of aliphatic hydroxyl groups excluding tert-OH is 1. The number of nitrogens with one attached hydrogen (secondary N) is 2. The molecule has 29 heavy (non-hydrogen) atoms. The van der Waals surface area contributed by atoms with Crippen LogP contribution >= 0.6 is 0 Å². The molecule has 1 rings (SSSR count). The Morgan fingerprint density at radius 2 is 1.62 bits per heavy atom. The Morgan fingerprint density at radius 3 is 2.10 bits per heavy atom. The molecule has 7 N–H and O–H groups in total. The van der Waals surface area contributed by atoms with Crippen molar-refractivity contribution >= 4 is 17.6 Å². The predicted molar refractivity (Wildman–Crippen MR) is 112 cm³/mol. The Bertz CT molecular complexity index is 664.